The van der Waals surface area contributed by atoms with Crippen LogP contribution in [0.5, 0.6) is 0 Å². The van der Waals surface area contributed by atoms with Crippen LogP contribution in [0.25, 0.3) is 0 Å². The van der Waals surface area contributed by atoms with Gasteiger partial charge in [0.05, 0.1) is 0 Å². The molecule has 0 aromatic rings. The lowest BCUT2D eigenvalue weighted by Gasteiger charge is -2.51. The molecule has 0 aliphatic heterocycles. The van der Waals surface area contributed by atoms with Gasteiger partial charge in [-0.25, -0.2) is 0 Å². The zero-order valence-electron chi connectivity index (χ0n) is 11.1. The SMILES string of the molecule is C[C@@H]1C(C(C)(C)C)CC[C@H](C)C1(C)C. The average molecular weight is 196 g/mol. The van der Waals surface area contributed by atoms with Crippen LogP contribution in [0.2, 0.25) is 0 Å². The molecule has 0 heteroatoms. The lowest BCUT2D eigenvalue weighted by atomic mass is 9.54. The van der Waals surface area contributed by atoms with E-state index in [-0.39, 0.29) is 0 Å². The number of hydrogen-bond donors (Lipinski definition) is 0. The minimum absolute atomic E-state index is 0.483. The molecule has 0 bridgehead atoms. The molecular weight excluding hydrogens is 168 g/mol. The van der Waals surface area contributed by atoms with Crippen molar-refractivity contribution in [3.8, 4) is 0 Å². The van der Waals surface area contributed by atoms with Gasteiger partial charge >= 0.3 is 0 Å². The Hall–Kier alpha value is 0. The molecule has 14 heavy (non-hydrogen) atoms. The van der Waals surface area contributed by atoms with Crippen molar-refractivity contribution in [2.75, 3.05) is 0 Å². The molecule has 1 aliphatic rings. The topological polar surface area (TPSA) is 0 Å². The molecule has 3 atom stereocenters. The van der Waals surface area contributed by atoms with Gasteiger partial charge in [0.25, 0.3) is 0 Å². The standard InChI is InChI=1S/C14H28/c1-10-8-9-12(13(3,4)5)11(2)14(10,6)7/h10-12H,8-9H2,1-7H3/t10-,11+,12?/m0/s1. The second kappa shape index (κ2) is 3.54. The van der Waals surface area contributed by atoms with Crippen LogP contribution >= 0.6 is 0 Å². The van der Waals surface area contributed by atoms with Crippen molar-refractivity contribution >= 4 is 0 Å². The molecule has 1 aliphatic carbocycles. The predicted molar refractivity (Wildman–Crippen MR) is 64.3 cm³/mol. The predicted octanol–water partition coefficient (Wildman–Crippen LogP) is 4.74. The highest BCUT2D eigenvalue weighted by Crippen LogP contribution is 2.52. The molecule has 0 N–H and O–H groups in total. The maximum atomic E-state index is 2.46. The summed E-state index contributed by atoms with van der Waals surface area (Å²) in [5.74, 6) is 2.64. The number of rotatable bonds is 0. The molecular formula is C14H28. The van der Waals surface area contributed by atoms with Crippen LogP contribution < -0.4 is 0 Å². The maximum Gasteiger partial charge on any atom is -0.0300 e. The Bertz CT molecular complexity index is 195. The van der Waals surface area contributed by atoms with E-state index in [2.05, 4.69) is 48.5 Å². The molecule has 0 aromatic heterocycles. The first-order valence-corrected chi connectivity index (χ1v) is 6.17. The van der Waals surface area contributed by atoms with Crippen molar-refractivity contribution in [2.45, 2.75) is 61.3 Å². The summed E-state index contributed by atoms with van der Waals surface area (Å²) in [6.45, 7) is 17.0. The molecule has 1 unspecified atom stereocenters. The summed E-state index contributed by atoms with van der Waals surface area (Å²) < 4.78 is 0. The van der Waals surface area contributed by atoms with Crippen LogP contribution in [-0.2, 0) is 0 Å². The van der Waals surface area contributed by atoms with Crippen molar-refractivity contribution in [3.05, 3.63) is 0 Å². The fraction of sp³-hybridized carbons (Fsp3) is 1.00. The fourth-order valence-corrected chi connectivity index (χ4v) is 3.20. The fourth-order valence-electron chi connectivity index (χ4n) is 3.20. The molecule has 1 fully saturated rings. The zero-order valence-corrected chi connectivity index (χ0v) is 11.1. The average Bonchev–Trinajstić information content (AvgIpc) is 1.99. The van der Waals surface area contributed by atoms with Crippen molar-refractivity contribution in [1.82, 2.24) is 0 Å². The molecule has 1 saturated carbocycles. The molecule has 0 radical (unpaired) electrons. The summed E-state index contributed by atoms with van der Waals surface area (Å²) in [6, 6.07) is 0. The molecule has 0 aromatic carbocycles. The molecule has 0 heterocycles. The smallest absolute Gasteiger partial charge is 0.0300 e. The Morgan fingerprint density at radius 3 is 1.93 bits per heavy atom. The largest absolute Gasteiger partial charge is 0.0620 e. The Balaban J connectivity index is 2.86. The van der Waals surface area contributed by atoms with E-state index < -0.39 is 0 Å². The first-order chi connectivity index (χ1) is 6.17. The summed E-state index contributed by atoms with van der Waals surface area (Å²) >= 11 is 0. The van der Waals surface area contributed by atoms with Gasteiger partial charge in [0, 0.05) is 0 Å². The van der Waals surface area contributed by atoms with E-state index in [1.807, 2.05) is 0 Å². The lowest BCUT2D eigenvalue weighted by Crippen LogP contribution is -2.43. The highest BCUT2D eigenvalue weighted by molar-refractivity contribution is 4.93. The Morgan fingerprint density at radius 2 is 1.50 bits per heavy atom. The van der Waals surface area contributed by atoms with Crippen LogP contribution in [0.3, 0.4) is 0 Å². The highest BCUT2D eigenvalue weighted by Gasteiger charge is 2.44. The highest BCUT2D eigenvalue weighted by atomic mass is 14.5. The summed E-state index contributed by atoms with van der Waals surface area (Å²) in [4.78, 5) is 0. The van der Waals surface area contributed by atoms with Crippen LogP contribution in [0.4, 0.5) is 0 Å². The Morgan fingerprint density at radius 1 is 1.00 bits per heavy atom. The van der Waals surface area contributed by atoms with E-state index in [0.29, 0.717) is 10.8 Å². The molecule has 1 rings (SSSR count). The summed E-state index contributed by atoms with van der Waals surface area (Å²) in [5, 5.41) is 0. The van der Waals surface area contributed by atoms with Crippen molar-refractivity contribution in [1.29, 1.82) is 0 Å². The van der Waals surface area contributed by atoms with Crippen molar-refractivity contribution < 1.29 is 0 Å². The first-order valence-electron chi connectivity index (χ1n) is 6.17. The van der Waals surface area contributed by atoms with E-state index in [1.165, 1.54) is 12.8 Å². The normalized spacial score (nSPS) is 38.4. The van der Waals surface area contributed by atoms with Gasteiger partial charge in [0.15, 0.2) is 0 Å². The Kier molecular flexibility index (Phi) is 3.05. The quantitative estimate of drug-likeness (QED) is 0.525. The third-order valence-corrected chi connectivity index (χ3v) is 5.07. The van der Waals surface area contributed by atoms with Crippen LogP contribution in [0.15, 0.2) is 0 Å². The van der Waals surface area contributed by atoms with E-state index in [1.54, 1.807) is 0 Å². The van der Waals surface area contributed by atoms with Crippen LogP contribution in [-0.4, -0.2) is 0 Å². The van der Waals surface area contributed by atoms with Gasteiger partial charge in [-0.2, -0.15) is 0 Å². The third kappa shape index (κ3) is 1.99. The second-order valence-electron chi connectivity index (χ2n) is 7.06. The zero-order chi connectivity index (χ0) is 11.1. The van der Waals surface area contributed by atoms with Crippen molar-refractivity contribution in [2.24, 2.45) is 28.6 Å². The molecule has 0 saturated heterocycles. The van der Waals surface area contributed by atoms with Crippen LogP contribution in [0, 0.1) is 28.6 Å². The van der Waals surface area contributed by atoms with Crippen LogP contribution in [0.1, 0.15) is 61.3 Å². The first kappa shape index (κ1) is 12.1. The van der Waals surface area contributed by atoms with E-state index in [0.717, 1.165) is 17.8 Å². The molecule has 84 valence electrons. The Labute approximate surface area is 90.5 Å². The van der Waals surface area contributed by atoms with Gasteiger partial charge in [0.1, 0.15) is 0 Å². The maximum absolute atomic E-state index is 2.46. The van der Waals surface area contributed by atoms with Gasteiger partial charge < -0.3 is 0 Å². The monoisotopic (exact) mass is 196 g/mol. The molecule has 0 nitrogen and oxygen atoms in total. The van der Waals surface area contributed by atoms with E-state index >= 15 is 0 Å². The van der Waals surface area contributed by atoms with Gasteiger partial charge in [-0.15, -0.1) is 0 Å². The third-order valence-electron chi connectivity index (χ3n) is 5.07. The summed E-state index contributed by atoms with van der Waals surface area (Å²) in [6.07, 6.45) is 2.84. The van der Waals surface area contributed by atoms with Gasteiger partial charge in [-0.1, -0.05) is 48.5 Å². The second-order valence-corrected chi connectivity index (χ2v) is 7.06. The summed E-state index contributed by atoms with van der Waals surface area (Å²) in [7, 11) is 0. The van der Waals surface area contributed by atoms with E-state index in [4.69, 9.17) is 0 Å². The van der Waals surface area contributed by atoms with Gasteiger partial charge in [-0.3, -0.25) is 0 Å². The number of hydrogen-bond acceptors (Lipinski definition) is 0. The van der Waals surface area contributed by atoms with E-state index in [9.17, 15) is 0 Å². The molecule has 0 spiro atoms. The lowest BCUT2D eigenvalue weighted by molar-refractivity contribution is -0.0164. The van der Waals surface area contributed by atoms with Gasteiger partial charge in [0.2, 0.25) is 0 Å². The molecule has 0 amide bonds. The summed E-state index contributed by atoms with van der Waals surface area (Å²) in [5.41, 5.74) is 1.01. The minimum Gasteiger partial charge on any atom is -0.0620 e. The van der Waals surface area contributed by atoms with Gasteiger partial charge in [-0.05, 0) is 41.4 Å². The minimum atomic E-state index is 0.483. The van der Waals surface area contributed by atoms with Crippen molar-refractivity contribution in [3.63, 3.8) is 0 Å².